The van der Waals surface area contributed by atoms with Crippen molar-refractivity contribution in [3.63, 3.8) is 0 Å². The molecule has 1 aromatic heterocycles. The summed E-state index contributed by atoms with van der Waals surface area (Å²) >= 11 is 0. The fourth-order valence-corrected chi connectivity index (χ4v) is 1.92. The molecule has 98 valence electrons. The number of rotatable bonds is 5. The van der Waals surface area contributed by atoms with E-state index in [-0.39, 0.29) is 19.1 Å². The summed E-state index contributed by atoms with van der Waals surface area (Å²) in [5, 5.41) is 9.12. The Kier molecular flexibility index (Phi) is 3.38. The highest BCUT2D eigenvalue weighted by Crippen LogP contribution is 2.30. The van der Waals surface area contributed by atoms with Crippen LogP contribution < -0.4 is 0 Å². The second-order valence-electron chi connectivity index (χ2n) is 4.58. The first-order valence-electron chi connectivity index (χ1n) is 5.74. The van der Waals surface area contributed by atoms with Gasteiger partial charge < -0.3 is 19.7 Å². The fraction of sp³-hybridized carbons (Fsp3) is 0.500. The summed E-state index contributed by atoms with van der Waals surface area (Å²) in [6, 6.07) is 1.93. The summed E-state index contributed by atoms with van der Waals surface area (Å²) in [7, 11) is 1.62. The molecule has 0 atom stereocenters. The molecule has 1 saturated heterocycles. The van der Waals surface area contributed by atoms with Crippen LogP contribution in [0.1, 0.15) is 5.56 Å². The average molecular weight is 252 g/mol. The Labute approximate surface area is 105 Å². The minimum atomic E-state index is -1.37. The number of hydrogen-bond acceptors (Lipinski definition) is 3. The molecular formula is C12H16N2O4. The fourth-order valence-electron chi connectivity index (χ4n) is 1.92. The predicted octanol–water partition coefficient (Wildman–Crippen LogP) is 0.117. The van der Waals surface area contributed by atoms with Crippen molar-refractivity contribution in [3.05, 3.63) is 24.0 Å². The zero-order valence-corrected chi connectivity index (χ0v) is 10.2. The topological polar surface area (TPSA) is 82.6 Å². The SMILES string of the molecule is CN(CCc1cc[nH]c1)C(=O)C1(C(=O)O)COC1. The number of carboxylic acids is 1. The molecule has 0 aromatic carbocycles. The third kappa shape index (κ3) is 2.11. The monoisotopic (exact) mass is 252 g/mol. The van der Waals surface area contributed by atoms with Crippen molar-refractivity contribution in [1.82, 2.24) is 9.88 Å². The summed E-state index contributed by atoms with van der Waals surface area (Å²) in [5.41, 5.74) is -0.281. The Hall–Kier alpha value is -1.82. The molecule has 1 amide bonds. The van der Waals surface area contributed by atoms with Gasteiger partial charge in [-0.05, 0) is 18.1 Å². The van der Waals surface area contributed by atoms with Gasteiger partial charge in [0, 0.05) is 26.0 Å². The standard InChI is InChI=1S/C12H16N2O4/c1-14(5-3-9-2-4-13-6-9)10(15)12(11(16)17)7-18-8-12/h2,4,6,13H,3,5,7-8H2,1H3,(H,16,17). The van der Waals surface area contributed by atoms with Crippen molar-refractivity contribution in [3.8, 4) is 0 Å². The van der Waals surface area contributed by atoms with E-state index in [0.29, 0.717) is 13.0 Å². The Morgan fingerprint density at radius 3 is 2.72 bits per heavy atom. The van der Waals surface area contributed by atoms with Crippen LogP contribution in [0, 0.1) is 5.41 Å². The van der Waals surface area contributed by atoms with E-state index in [2.05, 4.69) is 4.98 Å². The minimum Gasteiger partial charge on any atom is -0.480 e. The number of aromatic amines is 1. The van der Waals surface area contributed by atoms with Crippen molar-refractivity contribution in [2.24, 2.45) is 5.41 Å². The lowest BCUT2D eigenvalue weighted by atomic mass is 9.84. The Morgan fingerprint density at radius 2 is 2.28 bits per heavy atom. The molecule has 1 aliphatic heterocycles. The molecule has 1 aromatic rings. The van der Waals surface area contributed by atoms with E-state index in [4.69, 9.17) is 9.84 Å². The van der Waals surface area contributed by atoms with Crippen LogP contribution in [0.4, 0.5) is 0 Å². The largest absolute Gasteiger partial charge is 0.480 e. The second kappa shape index (κ2) is 4.81. The van der Waals surface area contributed by atoms with E-state index in [1.165, 1.54) is 4.90 Å². The van der Waals surface area contributed by atoms with Crippen LogP contribution in [0.25, 0.3) is 0 Å². The third-order valence-corrected chi connectivity index (χ3v) is 3.26. The summed E-state index contributed by atoms with van der Waals surface area (Å²) in [5.74, 6) is -1.48. The maximum Gasteiger partial charge on any atom is 0.324 e. The molecule has 0 unspecified atom stereocenters. The van der Waals surface area contributed by atoms with Crippen molar-refractivity contribution in [2.75, 3.05) is 26.8 Å². The average Bonchev–Trinajstić information content (AvgIpc) is 2.76. The lowest BCUT2D eigenvalue weighted by Gasteiger charge is -2.38. The van der Waals surface area contributed by atoms with Crippen LogP contribution in [-0.2, 0) is 20.7 Å². The first-order valence-corrected chi connectivity index (χ1v) is 5.74. The predicted molar refractivity (Wildman–Crippen MR) is 63.0 cm³/mol. The van der Waals surface area contributed by atoms with Gasteiger partial charge in [0.2, 0.25) is 5.91 Å². The number of aromatic nitrogens is 1. The number of nitrogens with zero attached hydrogens (tertiary/aromatic N) is 1. The molecule has 0 saturated carbocycles. The smallest absolute Gasteiger partial charge is 0.324 e. The van der Waals surface area contributed by atoms with Crippen molar-refractivity contribution < 1.29 is 19.4 Å². The quantitative estimate of drug-likeness (QED) is 0.729. The minimum absolute atomic E-state index is 0.0321. The molecule has 1 aliphatic rings. The van der Waals surface area contributed by atoms with Crippen LogP contribution in [0.2, 0.25) is 0 Å². The van der Waals surface area contributed by atoms with Gasteiger partial charge in [-0.3, -0.25) is 9.59 Å². The molecule has 18 heavy (non-hydrogen) atoms. The van der Waals surface area contributed by atoms with E-state index < -0.39 is 11.4 Å². The van der Waals surface area contributed by atoms with Gasteiger partial charge in [0.15, 0.2) is 5.41 Å². The number of carbonyl (C=O) groups excluding carboxylic acids is 1. The van der Waals surface area contributed by atoms with Gasteiger partial charge in [-0.25, -0.2) is 0 Å². The molecule has 6 heteroatoms. The van der Waals surface area contributed by atoms with E-state index in [1.54, 1.807) is 7.05 Å². The molecule has 2 heterocycles. The zero-order chi connectivity index (χ0) is 13.2. The molecule has 2 N–H and O–H groups in total. The van der Waals surface area contributed by atoms with Gasteiger partial charge in [-0.1, -0.05) is 0 Å². The van der Waals surface area contributed by atoms with Gasteiger partial charge in [0.05, 0.1) is 13.2 Å². The van der Waals surface area contributed by atoms with Crippen molar-refractivity contribution in [2.45, 2.75) is 6.42 Å². The number of likely N-dealkylation sites (N-methyl/N-ethyl adjacent to an activating group) is 1. The second-order valence-corrected chi connectivity index (χ2v) is 4.58. The summed E-state index contributed by atoms with van der Waals surface area (Å²) in [6.07, 6.45) is 4.37. The van der Waals surface area contributed by atoms with Crippen molar-refractivity contribution in [1.29, 1.82) is 0 Å². The number of ether oxygens (including phenoxy) is 1. The summed E-state index contributed by atoms with van der Waals surface area (Å²) < 4.78 is 4.89. The number of carboxylic acid groups (broad SMARTS) is 1. The van der Waals surface area contributed by atoms with Gasteiger partial charge in [-0.2, -0.15) is 0 Å². The number of hydrogen-bond donors (Lipinski definition) is 2. The van der Waals surface area contributed by atoms with E-state index in [0.717, 1.165) is 5.56 Å². The molecule has 6 nitrogen and oxygen atoms in total. The highest BCUT2D eigenvalue weighted by atomic mass is 16.5. The maximum atomic E-state index is 12.1. The van der Waals surface area contributed by atoms with Crippen LogP contribution in [-0.4, -0.2) is 53.7 Å². The third-order valence-electron chi connectivity index (χ3n) is 3.26. The first kappa shape index (κ1) is 12.6. The molecule has 1 fully saturated rings. The van der Waals surface area contributed by atoms with E-state index >= 15 is 0 Å². The molecule has 0 spiro atoms. The lowest BCUT2D eigenvalue weighted by molar-refractivity contribution is -0.190. The molecule has 2 rings (SSSR count). The first-order chi connectivity index (χ1) is 8.56. The van der Waals surface area contributed by atoms with Crippen LogP contribution in [0.15, 0.2) is 18.5 Å². The van der Waals surface area contributed by atoms with E-state index in [1.807, 2.05) is 18.5 Å². The molecule has 0 radical (unpaired) electrons. The number of H-pyrrole nitrogens is 1. The van der Waals surface area contributed by atoms with Gasteiger partial charge in [0.25, 0.3) is 0 Å². The lowest BCUT2D eigenvalue weighted by Crippen LogP contribution is -2.59. The number of amides is 1. The molecule has 0 bridgehead atoms. The van der Waals surface area contributed by atoms with Crippen LogP contribution in [0.5, 0.6) is 0 Å². The molecule has 0 aliphatic carbocycles. The van der Waals surface area contributed by atoms with Gasteiger partial charge >= 0.3 is 5.97 Å². The number of nitrogens with one attached hydrogen (secondary N) is 1. The maximum absolute atomic E-state index is 12.1. The van der Waals surface area contributed by atoms with Gasteiger partial charge in [0.1, 0.15) is 0 Å². The van der Waals surface area contributed by atoms with Gasteiger partial charge in [-0.15, -0.1) is 0 Å². The Balaban J connectivity index is 1.94. The Morgan fingerprint density at radius 1 is 1.56 bits per heavy atom. The summed E-state index contributed by atoms with van der Waals surface area (Å²) in [4.78, 5) is 27.7. The Bertz CT molecular complexity index is 437. The van der Waals surface area contributed by atoms with Crippen LogP contribution >= 0.6 is 0 Å². The highest BCUT2D eigenvalue weighted by Gasteiger charge is 2.54. The summed E-state index contributed by atoms with van der Waals surface area (Å²) in [6.45, 7) is 0.428. The molecular weight excluding hydrogens is 236 g/mol. The van der Waals surface area contributed by atoms with Crippen molar-refractivity contribution >= 4 is 11.9 Å². The van der Waals surface area contributed by atoms with Crippen LogP contribution in [0.3, 0.4) is 0 Å². The number of aliphatic carboxylic acids is 1. The number of carbonyl (C=O) groups is 2. The highest BCUT2D eigenvalue weighted by molar-refractivity contribution is 6.03. The zero-order valence-electron chi connectivity index (χ0n) is 10.2. The van der Waals surface area contributed by atoms with E-state index in [9.17, 15) is 9.59 Å². The normalized spacial score (nSPS) is 16.9.